The monoisotopic (exact) mass is 341 g/mol. The Balaban J connectivity index is 2.11. The highest BCUT2D eigenvalue weighted by Gasteiger charge is 2.34. The molecule has 2 rings (SSSR count). The number of hydrogen-bond acceptors (Lipinski definition) is 2. The molecule has 0 aromatic carbocycles. The van der Waals surface area contributed by atoms with Crippen LogP contribution in [0.4, 0.5) is 0 Å². The van der Waals surface area contributed by atoms with Crippen molar-refractivity contribution >= 4 is 14.7 Å². The summed E-state index contributed by atoms with van der Waals surface area (Å²) in [6, 6.07) is 0.0448. The lowest BCUT2D eigenvalue weighted by Crippen LogP contribution is -2.36. The number of amides is 1. The first-order valence-electron chi connectivity index (χ1n) is 8.77. The number of aromatic amines is 1. The number of aromatic nitrogens is 2. The third-order valence-electron chi connectivity index (χ3n) is 4.46. The molecule has 2 atom stereocenters. The van der Waals surface area contributed by atoms with Crippen molar-refractivity contribution in [2.24, 2.45) is 11.8 Å². The molecule has 0 saturated carbocycles. The lowest BCUT2D eigenvalue weighted by atomic mass is 9.96. The van der Waals surface area contributed by atoms with Crippen molar-refractivity contribution in [2.75, 3.05) is 6.54 Å². The molecule has 0 aliphatic carbocycles. The highest BCUT2D eigenvalue weighted by molar-refractivity contribution is 6.64. The zero-order chi connectivity index (χ0) is 17.7. The van der Waals surface area contributed by atoms with Crippen LogP contribution in [0.15, 0.2) is 6.20 Å². The molecular formula is C19H27N3OSi. The summed E-state index contributed by atoms with van der Waals surface area (Å²) in [7, 11) is -0.881. The molecule has 1 aliphatic rings. The maximum Gasteiger partial charge on any atom is 0.226 e. The number of carbonyl (C=O) groups is 1. The van der Waals surface area contributed by atoms with Crippen molar-refractivity contribution in [3.05, 3.63) is 17.7 Å². The van der Waals surface area contributed by atoms with Crippen molar-refractivity contribution in [2.45, 2.75) is 52.7 Å². The van der Waals surface area contributed by atoms with Gasteiger partial charge in [-0.25, -0.2) is 4.98 Å². The van der Waals surface area contributed by atoms with Gasteiger partial charge in [-0.2, -0.15) is 0 Å². The Bertz CT molecular complexity index is 699. The number of H-pyrrole nitrogens is 1. The van der Waals surface area contributed by atoms with Crippen molar-refractivity contribution in [3.63, 3.8) is 0 Å². The second-order valence-electron chi connectivity index (χ2n) is 7.08. The van der Waals surface area contributed by atoms with Gasteiger partial charge in [-0.15, -0.1) is 5.54 Å². The van der Waals surface area contributed by atoms with Gasteiger partial charge in [-0.1, -0.05) is 33.9 Å². The number of likely N-dealkylation sites (tertiary alicyclic amines) is 1. The summed E-state index contributed by atoms with van der Waals surface area (Å²) in [5, 5.41) is 0. The predicted octanol–water partition coefficient (Wildman–Crippen LogP) is 2.75. The van der Waals surface area contributed by atoms with Crippen LogP contribution in [-0.4, -0.2) is 36.1 Å². The van der Waals surface area contributed by atoms with Crippen LogP contribution in [0.1, 0.15) is 51.2 Å². The van der Waals surface area contributed by atoms with E-state index >= 15 is 0 Å². The zero-order valence-electron chi connectivity index (χ0n) is 15.3. The maximum absolute atomic E-state index is 12.7. The number of nitrogens with one attached hydrogen (secondary N) is 1. The van der Waals surface area contributed by atoms with E-state index in [1.165, 1.54) is 0 Å². The lowest BCUT2D eigenvalue weighted by Gasteiger charge is -2.27. The van der Waals surface area contributed by atoms with Gasteiger partial charge in [0.15, 0.2) is 0 Å². The van der Waals surface area contributed by atoms with Gasteiger partial charge in [0.25, 0.3) is 0 Å². The molecule has 1 fully saturated rings. The van der Waals surface area contributed by atoms with Gasteiger partial charge in [-0.05, 0) is 36.5 Å². The van der Waals surface area contributed by atoms with Crippen LogP contribution >= 0.6 is 0 Å². The van der Waals surface area contributed by atoms with Crippen molar-refractivity contribution in [1.29, 1.82) is 0 Å². The first-order valence-corrected chi connectivity index (χ1v) is 11.7. The summed E-state index contributed by atoms with van der Waals surface area (Å²) in [6.45, 7) is 11.4. The minimum Gasteiger partial charge on any atom is -0.334 e. The van der Waals surface area contributed by atoms with E-state index in [1.807, 2.05) is 11.8 Å². The normalized spacial score (nSPS) is 18.1. The van der Waals surface area contributed by atoms with Gasteiger partial charge in [0, 0.05) is 12.5 Å². The summed E-state index contributed by atoms with van der Waals surface area (Å²) in [4.78, 5) is 22.4. The van der Waals surface area contributed by atoms with Gasteiger partial charge < -0.3 is 9.88 Å². The summed E-state index contributed by atoms with van der Waals surface area (Å²) in [5.41, 5.74) is 3.92. The van der Waals surface area contributed by atoms with E-state index in [1.54, 1.807) is 6.20 Å². The minimum absolute atomic E-state index is 0.0373. The molecule has 2 heterocycles. The van der Waals surface area contributed by atoms with Crippen LogP contribution in [0.5, 0.6) is 0 Å². The molecule has 1 saturated heterocycles. The highest BCUT2D eigenvalue weighted by atomic mass is 28.3. The van der Waals surface area contributed by atoms with Crippen LogP contribution in [0, 0.1) is 35.1 Å². The molecule has 1 amide bonds. The molecule has 0 spiro atoms. The lowest BCUT2D eigenvalue weighted by molar-refractivity contribution is -0.137. The van der Waals surface area contributed by atoms with Gasteiger partial charge in [0.2, 0.25) is 5.91 Å². The van der Waals surface area contributed by atoms with Crippen LogP contribution in [0.2, 0.25) is 13.1 Å². The van der Waals surface area contributed by atoms with Crippen LogP contribution in [0.25, 0.3) is 0 Å². The van der Waals surface area contributed by atoms with E-state index in [4.69, 9.17) is 0 Å². The Morgan fingerprint density at radius 2 is 2.12 bits per heavy atom. The molecule has 4 nitrogen and oxygen atoms in total. The second kappa shape index (κ2) is 8.21. The summed E-state index contributed by atoms with van der Waals surface area (Å²) in [5.74, 6) is 10.2. The standard InChI is InChI=1S/C19H27N3OSi/c1-14(2)15(3)19(23)22-11-8-10-17(22)18-20-13-16(21-18)9-6-7-12-24(4)5/h13-15,17,24H,8,10-11H2,1-5H3,(H,20,21)/t15-,17-/m0/s1. The summed E-state index contributed by atoms with van der Waals surface area (Å²) in [6.07, 6.45) is 3.72. The smallest absolute Gasteiger partial charge is 0.226 e. The molecule has 1 N–H and O–H groups in total. The van der Waals surface area contributed by atoms with Gasteiger partial charge in [-0.3, -0.25) is 4.79 Å². The highest BCUT2D eigenvalue weighted by Crippen LogP contribution is 2.32. The first-order chi connectivity index (χ1) is 11.4. The molecule has 0 radical (unpaired) electrons. The fourth-order valence-corrected chi connectivity index (χ4v) is 3.07. The fraction of sp³-hybridized carbons (Fsp3) is 0.579. The van der Waals surface area contributed by atoms with E-state index in [0.29, 0.717) is 5.92 Å². The number of imidazole rings is 1. The Hall–Kier alpha value is -1.98. The van der Waals surface area contributed by atoms with Gasteiger partial charge in [0.1, 0.15) is 20.3 Å². The molecule has 0 unspecified atom stereocenters. The Kier molecular flexibility index (Phi) is 6.28. The number of hydrogen-bond donors (Lipinski definition) is 1. The molecule has 0 bridgehead atoms. The van der Waals surface area contributed by atoms with Crippen LogP contribution < -0.4 is 0 Å². The quantitative estimate of drug-likeness (QED) is 0.679. The van der Waals surface area contributed by atoms with Crippen molar-refractivity contribution < 1.29 is 4.79 Å². The maximum atomic E-state index is 12.7. The summed E-state index contributed by atoms with van der Waals surface area (Å²) < 4.78 is 0. The fourth-order valence-electron chi connectivity index (χ4n) is 2.71. The number of nitrogens with zero attached hydrogens (tertiary/aromatic N) is 2. The van der Waals surface area contributed by atoms with Crippen LogP contribution in [0.3, 0.4) is 0 Å². The van der Waals surface area contributed by atoms with Gasteiger partial charge >= 0.3 is 0 Å². The number of rotatable bonds is 3. The van der Waals surface area contributed by atoms with E-state index < -0.39 is 8.80 Å². The Morgan fingerprint density at radius 3 is 2.79 bits per heavy atom. The van der Waals surface area contributed by atoms with E-state index in [9.17, 15) is 4.79 Å². The zero-order valence-corrected chi connectivity index (χ0v) is 16.5. The minimum atomic E-state index is -0.881. The predicted molar refractivity (Wildman–Crippen MR) is 99.8 cm³/mol. The molecule has 1 aliphatic heterocycles. The molecule has 24 heavy (non-hydrogen) atoms. The average Bonchev–Trinajstić information content (AvgIpc) is 3.18. The Morgan fingerprint density at radius 1 is 1.38 bits per heavy atom. The number of carbonyl (C=O) groups excluding carboxylic acids is 1. The van der Waals surface area contributed by atoms with E-state index in [2.05, 4.69) is 60.2 Å². The third-order valence-corrected chi connectivity index (χ3v) is 5.18. The third kappa shape index (κ3) is 4.52. The second-order valence-corrected chi connectivity index (χ2v) is 9.68. The van der Waals surface area contributed by atoms with E-state index in [-0.39, 0.29) is 17.9 Å². The molecule has 128 valence electrons. The SMILES string of the molecule is CC(C)[C@H](C)C(=O)N1CCC[C@H]1c1ncc(C#CC#C[SiH](C)C)[nH]1. The van der Waals surface area contributed by atoms with Crippen molar-refractivity contribution in [1.82, 2.24) is 14.9 Å². The Labute approximate surface area is 147 Å². The largest absolute Gasteiger partial charge is 0.334 e. The molecular weight excluding hydrogens is 314 g/mol. The molecule has 1 aromatic heterocycles. The molecule has 5 heteroatoms. The van der Waals surface area contributed by atoms with E-state index in [0.717, 1.165) is 30.9 Å². The van der Waals surface area contributed by atoms with Gasteiger partial charge in [0.05, 0.1) is 12.2 Å². The summed E-state index contributed by atoms with van der Waals surface area (Å²) >= 11 is 0. The molecule has 1 aromatic rings. The van der Waals surface area contributed by atoms with Crippen molar-refractivity contribution in [3.8, 4) is 23.3 Å². The van der Waals surface area contributed by atoms with Crippen LogP contribution in [-0.2, 0) is 4.79 Å². The average molecular weight is 342 g/mol. The first kappa shape index (κ1) is 18.4. The topological polar surface area (TPSA) is 49.0 Å².